The standard InChI is InChI=1S/C22H29N3O3S2/c1-17-7-8-18(2)20(15-17)23-10-12-24(13-11-23)22(26)19-5-3-9-25(16-19)30(27,28)21-6-4-14-29-21/h4,6-8,14-15,19H,3,5,9-13,16H2,1-2H3/t19-/m0/s1. The molecule has 8 heteroatoms. The van der Waals surface area contributed by atoms with Crippen LogP contribution < -0.4 is 4.90 Å². The molecule has 1 aromatic carbocycles. The molecular formula is C22H29N3O3S2. The summed E-state index contributed by atoms with van der Waals surface area (Å²) < 4.78 is 27.6. The van der Waals surface area contributed by atoms with Gasteiger partial charge in [-0.25, -0.2) is 8.42 Å². The summed E-state index contributed by atoms with van der Waals surface area (Å²) in [5, 5.41) is 1.77. The highest BCUT2D eigenvalue weighted by Crippen LogP contribution is 2.28. The van der Waals surface area contributed by atoms with Gasteiger partial charge in [0.1, 0.15) is 4.21 Å². The minimum atomic E-state index is -3.50. The lowest BCUT2D eigenvalue weighted by molar-refractivity contribution is -0.137. The second-order valence-electron chi connectivity index (χ2n) is 8.24. The quantitative estimate of drug-likeness (QED) is 0.723. The molecule has 6 nitrogen and oxygen atoms in total. The highest BCUT2D eigenvalue weighted by Gasteiger charge is 2.36. The third kappa shape index (κ3) is 4.26. The molecule has 3 heterocycles. The maximum absolute atomic E-state index is 13.2. The number of hydrogen-bond donors (Lipinski definition) is 0. The van der Waals surface area contributed by atoms with Crippen LogP contribution in [-0.2, 0) is 14.8 Å². The largest absolute Gasteiger partial charge is 0.368 e. The Kier molecular flexibility index (Phi) is 6.18. The first-order valence-corrected chi connectivity index (χ1v) is 12.8. The van der Waals surface area contributed by atoms with Crippen molar-refractivity contribution in [2.75, 3.05) is 44.2 Å². The lowest BCUT2D eigenvalue weighted by Gasteiger charge is -2.40. The fourth-order valence-corrected chi connectivity index (χ4v) is 7.05. The molecule has 0 spiro atoms. The van der Waals surface area contributed by atoms with Crippen LogP contribution in [0.2, 0.25) is 0 Å². The van der Waals surface area contributed by atoms with Crippen molar-refractivity contribution >= 4 is 33.0 Å². The van der Waals surface area contributed by atoms with Gasteiger partial charge in [-0.2, -0.15) is 4.31 Å². The molecule has 1 aromatic heterocycles. The number of amides is 1. The summed E-state index contributed by atoms with van der Waals surface area (Å²) in [6.45, 7) is 7.97. The molecule has 4 rings (SSSR count). The smallest absolute Gasteiger partial charge is 0.252 e. The lowest BCUT2D eigenvalue weighted by Crippen LogP contribution is -2.53. The Morgan fingerprint density at radius 3 is 2.53 bits per heavy atom. The summed E-state index contributed by atoms with van der Waals surface area (Å²) in [5.41, 5.74) is 3.73. The number of piperidine rings is 1. The van der Waals surface area contributed by atoms with Gasteiger partial charge in [-0.05, 0) is 55.3 Å². The Labute approximate surface area is 183 Å². The van der Waals surface area contributed by atoms with E-state index >= 15 is 0 Å². The monoisotopic (exact) mass is 447 g/mol. The lowest BCUT2D eigenvalue weighted by atomic mass is 9.97. The molecule has 2 aromatic rings. The molecule has 0 N–H and O–H groups in total. The number of anilines is 1. The second-order valence-corrected chi connectivity index (χ2v) is 11.3. The van der Waals surface area contributed by atoms with Crippen molar-refractivity contribution in [2.45, 2.75) is 30.9 Å². The summed E-state index contributed by atoms with van der Waals surface area (Å²) in [6.07, 6.45) is 1.48. The van der Waals surface area contributed by atoms with Crippen molar-refractivity contribution in [1.82, 2.24) is 9.21 Å². The molecule has 0 aliphatic carbocycles. The zero-order valence-electron chi connectivity index (χ0n) is 17.6. The second kappa shape index (κ2) is 8.69. The molecule has 0 bridgehead atoms. The number of piperazine rings is 1. The van der Waals surface area contributed by atoms with Crippen LogP contribution in [0.15, 0.2) is 39.9 Å². The Morgan fingerprint density at radius 2 is 1.83 bits per heavy atom. The van der Waals surface area contributed by atoms with Gasteiger partial charge in [0.15, 0.2) is 0 Å². The fraction of sp³-hybridized carbons (Fsp3) is 0.500. The van der Waals surface area contributed by atoms with Gasteiger partial charge in [-0.1, -0.05) is 18.2 Å². The van der Waals surface area contributed by atoms with E-state index in [0.29, 0.717) is 23.8 Å². The van der Waals surface area contributed by atoms with E-state index in [9.17, 15) is 13.2 Å². The van der Waals surface area contributed by atoms with Gasteiger partial charge in [-0.15, -0.1) is 11.3 Å². The van der Waals surface area contributed by atoms with Crippen LogP contribution in [0.1, 0.15) is 24.0 Å². The van der Waals surface area contributed by atoms with E-state index in [1.165, 1.54) is 32.5 Å². The molecule has 2 fully saturated rings. The highest BCUT2D eigenvalue weighted by atomic mass is 32.2. The van der Waals surface area contributed by atoms with Gasteiger partial charge >= 0.3 is 0 Å². The van der Waals surface area contributed by atoms with E-state index in [1.54, 1.807) is 17.5 Å². The first kappa shape index (κ1) is 21.3. The number of rotatable bonds is 4. The normalized spacial score (nSPS) is 21.1. The Bertz CT molecular complexity index is 997. The number of sulfonamides is 1. The SMILES string of the molecule is Cc1ccc(C)c(N2CCN(C(=O)[C@H]3CCCN(S(=O)(=O)c4cccs4)C3)CC2)c1. The fourth-order valence-electron chi connectivity index (χ4n) is 4.39. The van der Waals surface area contributed by atoms with E-state index in [2.05, 4.69) is 36.9 Å². The molecule has 30 heavy (non-hydrogen) atoms. The van der Waals surface area contributed by atoms with Crippen LogP contribution >= 0.6 is 11.3 Å². The maximum atomic E-state index is 13.2. The average Bonchev–Trinajstić information content (AvgIpc) is 3.31. The van der Waals surface area contributed by atoms with Gasteiger partial charge in [0.05, 0.1) is 5.92 Å². The molecule has 1 atom stereocenters. The van der Waals surface area contributed by atoms with Crippen molar-refractivity contribution in [1.29, 1.82) is 0 Å². The van der Waals surface area contributed by atoms with Gasteiger partial charge in [0.2, 0.25) is 5.91 Å². The van der Waals surface area contributed by atoms with E-state index in [-0.39, 0.29) is 18.4 Å². The minimum absolute atomic E-state index is 0.0988. The summed E-state index contributed by atoms with van der Waals surface area (Å²) in [5.74, 6) is -0.151. The zero-order valence-corrected chi connectivity index (χ0v) is 19.2. The highest BCUT2D eigenvalue weighted by molar-refractivity contribution is 7.91. The number of aryl methyl sites for hydroxylation is 2. The summed E-state index contributed by atoms with van der Waals surface area (Å²) in [6, 6.07) is 9.86. The Morgan fingerprint density at radius 1 is 1.07 bits per heavy atom. The molecule has 0 saturated carbocycles. The predicted molar refractivity (Wildman–Crippen MR) is 121 cm³/mol. The molecular weight excluding hydrogens is 418 g/mol. The van der Waals surface area contributed by atoms with E-state index in [0.717, 1.165) is 25.9 Å². The molecule has 2 aliphatic rings. The third-order valence-electron chi connectivity index (χ3n) is 6.12. The van der Waals surface area contributed by atoms with E-state index < -0.39 is 10.0 Å². The topological polar surface area (TPSA) is 60.9 Å². The molecule has 1 amide bonds. The number of nitrogens with zero attached hydrogens (tertiary/aromatic N) is 3. The number of carbonyl (C=O) groups excluding carboxylic acids is 1. The van der Waals surface area contributed by atoms with Gasteiger partial charge in [0.25, 0.3) is 10.0 Å². The molecule has 0 radical (unpaired) electrons. The summed E-state index contributed by atoms with van der Waals surface area (Å²) in [7, 11) is -3.50. The minimum Gasteiger partial charge on any atom is -0.368 e. The van der Waals surface area contributed by atoms with Gasteiger partial charge < -0.3 is 9.80 Å². The molecule has 2 saturated heterocycles. The van der Waals surface area contributed by atoms with Gasteiger partial charge in [0, 0.05) is 45.0 Å². The van der Waals surface area contributed by atoms with Crippen molar-refractivity contribution in [2.24, 2.45) is 5.92 Å². The maximum Gasteiger partial charge on any atom is 0.252 e. The number of thiophene rings is 1. The van der Waals surface area contributed by atoms with Gasteiger partial charge in [-0.3, -0.25) is 4.79 Å². The van der Waals surface area contributed by atoms with Crippen LogP contribution in [0.25, 0.3) is 0 Å². The van der Waals surface area contributed by atoms with Crippen molar-refractivity contribution in [3.8, 4) is 0 Å². The van der Waals surface area contributed by atoms with Crippen LogP contribution in [-0.4, -0.2) is 62.8 Å². The van der Waals surface area contributed by atoms with Crippen LogP contribution in [0.4, 0.5) is 5.69 Å². The third-order valence-corrected chi connectivity index (χ3v) is 9.36. The zero-order chi connectivity index (χ0) is 21.3. The molecule has 0 unspecified atom stereocenters. The van der Waals surface area contributed by atoms with Crippen molar-refractivity contribution in [3.63, 3.8) is 0 Å². The van der Waals surface area contributed by atoms with Crippen LogP contribution in [0.3, 0.4) is 0 Å². The first-order valence-electron chi connectivity index (χ1n) is 10.5. The first-order chi connectivity index (χ1) is 14.4. The molecule has 162 valence electrons. The van der Waals surface area contributed by atoms with E-state index in [4.69, 9.17) is 0 Å². The van der Waals surface area contributed by atoms with E-state index in [1.807, 2.05) is 4.90 Å². The Balaban J connectivity index is 1.39. The van der Waals surface area contributed by atoms with Crippen molar-refractivity contribution in [3.05, 3.63) is 46.8 Å². The summed E-state index contributed by atoms with van der Waals surface area (Å²) in [4.78, 5) is 17.4. The van der Waals surface area contributed by atoms with Crippen LogP contribution in [0.5, 0.6) is 0 Å². The number of benzene rings is 1. The number of carbonyl (C=O) groups is 1. The Hall–Kier alpha value is -1.90. The van der Waals surface area contributed by atoms with Crippen molar-refractivity contribution < 1.29 is 13.2 Å². The van der Waals surface area contributed by atoms with Crippen LogP contribution in [0, 0.1) is 19.8 Å². The molecule has 2 aliphatic heterocycles. The predicted octanol–water partition coefficient (Wildman–Crippen LogP) is 3.11. The number of hydrogen-bond acceptors (Lipinski definition) is 5. The average molecular weight is 448 g/mol. The summed E-state index contributed by atoms with van der Waals surface area (Å²) >= 11 is 1.23.